The first kappa shape index (κ1) is 19.0. The van der Waals surface area contributed by atoms with E-state index < -0.39 is 0 Å². The van der Waals surface area contributed by atoms with Crippen molar-refractivity contribution in [1.29, 1.82) is 0 Å². The van der Waals surface area contributed by atoms with Gasteiger partial charge in [-0.3, -0.25) is 4.98 Å². The van der Waals surface area contributed by atoms with Crippen LogP contribution in [-0.4, -0.2) is 21.5 Å². The first-order chi connectivity index (χ1) is 13.8. The monoisotopic (exact) mass is 409 g/mol. The van der Waals surface area contributed by atoms with Crippen LogP contribution in [0, 0.1) is 0 Å². The minimum absolute atomic E-state index is 0.000858. The van der Waals surface area contributed by atoms with Gasteiger partial charge in [-0.05, 0) is 55.0 Å². The quantitative estimate of drug-likeness (QED) is 0.512. The van der Waals surface area contributed by atoms with Crippen LogP contribution >= 0.6 is 24.0 Å². The van der Waals surface area contributed by atoms with E-state index in [9.17, 15) is 0 Å². The predicted octanol–water partition coefficient (Wildman–Crippen LogP) is 5.60. The lowest BCUT2D eigenvalue weighted by Crippen LogP contribution is -2.30. The molecule has 0 radical (unpaired) electrons. The second-order valence-electron chi connectivity index (χ2n) is 6.75. The molecular weight excluding hydrogens is 386 g/mol. The topological polar surface area (TPSA) is 41.3 Å². The standard InChI is InChI=1S/C22H23N3OS2/c1-2-3-15-25-21(20(24-22(25)27)17-11-7-8-14-23-17)18-12-13-19(26-18)28-16-9-5-4-6-10-16/h4-14,20-21H,2-3,15H2,1H3,(H,24,27)/t20-,21-/m1/s1. The highest BCUT2D eigenvalue weighted by Gasteiger charge is 2.41. The van der Waals surface area contributed by atoms with Gasteiger partial charge in [0.2, 0.25) is 0 Å². The number of furan rings is 1. The summed E-state index contributed by atoms with van der Waals surface area (Å²) < 4.78 is 6.28. The van der Waals surface area contributed by atoms with Gasteiger partial charge in [0.15, 0.2) is 10.2 Å². The highest BCUT2D eigenvalue weighted by Crippen LogP contribution is 2.41. The Labute approximate surface area is 175 Å². The zero-order valence-electron chi connectivity index (χ0n) is 15.7. The van der Waals surface area contributed by atoms with Gasteiger partial charge in [0, 0.05) is 17.6 Å². The maximum atomic E-state index is 6.28. The molecule has 28 heavy (non-hydrogen) atoms. The van der Waals surface area contributed by atoms with Gasteiger partial charge in [0.1, 0.15) is 11.8 Å². The van der Waals surface area contributed by atoms with Gasteiger partial charge in [-0.25, -0.2) is 0 Å². The number of hydrogen-bond acceptors (Lipinski definition) is 4. The van der Waals surface area contributed by atoms with Crippen LogP contribution in [0.5, 0.6) is 0 Å². The molecule has 3 aromatic rings. The van der Waals surface area contributed by atoms with Crippen LogP contribution < -0.4 is 5.32 Å². The van der Waals surface area contributed by atoms with E-state index in [2.05, 4.69) is 40.3 Å². The normalized spacial score (nSPS) is 19.0. The van der Waals surface area contributed by atoms with Crippen LogP contribution in [0.15, 0.2) is 81.3 Å². The highest BCUT2D eigenvalue weighted by atomic mass is 32.2. The van der Waals surface area contributed by atoms with Crippen molar-refractivity contribution in [3.63, 3.8) is 0 Å². The predicted molar refractivity (Wildman–Crippen MR) is 116 cm³/mol. The zero-order chi connectivity index (χ0) is 19.3. The molecule has 1 aliphatic rings. The fourth-order valence-corrected chi connectivity index (χ4v) is 4.57. The number of pyridine rings is 1. The van der Waals surface area contributed by atoms with Crippen molar-refractivity contribution in [2.75, 3.05) is 6.54 Å². The van der Waals surface area contributed by atoms with Crippen molar-refractivity contribution in [3.8, 4) is 0 Å². The lowest BCUT2D eigenvalue weighted by atomic mass is 10.0. The van der Waals surface area contributed by atoms with Gasteiger partial charge in [0.25, 0.3) is 0 Å². The molecule has 0 unspecified atom stereocenters. The van der Waals surface area contributed by atoms with Crippen LogP contribution in [0.4, 0.5) is 0 Å². The first-order valence-electron chi connectivity index (χ1n) is 9.57. The minimum Gasteiger partial charge on any atom is -0.452 e. The van der Waals surface area contributed by atoms with Crippen LogP contribution in [0.3, 0.4) is 0 Å². The van der Waals surface area contributed by atoms with Crippen LogP contribution in [0.25, 0.3) is 0 Å². The minimum atomic E-state index is -0.0220. The summed E-state index contributed by atoms with van der Waals surface area (Å²) >= 11 is 7.29. The molecule has 1 fully saturated rings. The van der Waals surface area contributed by atoms with Gasteiger partial charge in [0.05, 0.1) is 11.7 Å². The zero-order valence-corrected chi connectivity index (χ0v) is 17.4. The molecule has 144 valence electrons. The highest BCUT2D eigenvalue weighted by molar-refractivity contribution is 7.99. The third kappa shape index (κ3) is 4.08. The van der Waals surface area contributed by atoms with Crippen LogP contribution in [-0.2, 0) is 0 Å². The third-order valence-electron chi connectivity index (χ3n) is 4.81. The van der Waals surface area contributed by atoms with Gasteiger partial charge >= 0.3 is 0 Å². The number of aromatic nitrogens is 1. The number of rotatable bonds is 7. The van der Waals surface area contributed by atoms with Gasteiger partial charge in [-0.15, -0.1) is 0 Å². The Morgan fingerprint density at radius 1 is 1.11 bits per heavy atom. The molecule has 0 amide bonds. The average Bonchev–Trinajstić information content (AvgIpc) is 3.31. The summed E-state index contributed by atoms with van der Waals surface area (Å²) in [6.07, 6.45) is 4.03. The Balaban J connectivity index is 1.63. The molecule has 0 aliphatic carbocycles. The van der Waals surface area contributed by atoms with E-state index in [0.717, 1.165) is 45.9 Å². The molecule has 0 saturated carbocycles. The summed E-state index contributed by atoms with van der Waals surface area (Å²) in [4.78, 5) is 7.97. The van der Waals surface area contributed by atoms with Crippen molar-refractivity contribution in [2.24, 2.45) is 0 Å². The van der Waals surface area contributed by atoms with E-state index in [0.29, 0.717) is 0 Å². The fourth-order valence-electron chi connectivity index (χ4n) is 3.44. The summed E-state index contributed by atoms with van der Waals surface area (Å²) in [6, 6.07) is 20.3. The van der Waals surface area contributed by atoms with E-state index in [1.807, 2.05) is 48.7 Å². The molecule has 3 heterocycles. The lowest BCUT2D eigenvalue weighted by molar-refractivity contribution is 0.257. The van der Waals surface area contributed by atoms with Gasteiger partial charge < -0.3 is 14.6 Å². The molecule has 2 atom stereocenters. The SMILES string of the molecule is CCCCN1C(=S)N[C@H](c2ccccn2)[C@H]1c1ccc(Sc2ccccc2)o1. The number of unbranched alkanes of at least 4 members (excludes halogenated alkanes) is 1. The third-order valence-corrected chi connectivity index (χ3v) is 6.09. The van der Waals surface area contributed by atoms with Crippen molar-refractivity contribution < 1.29 is 4.42 Å². The average molecular weight is 410 g/mol. The number of nitrogens with one attached hydrogen (secondary N) is 1. The number of thiocarbonyl (C=S) groups is 1. The summed E-state index contributed by atoms with van der Waals surface area (Å²) in [6.45, 7) is 3.09. The van der Waals surface area contributed by atoms with E-state index in [1.54, 1.807) is 11.8 Å². The van der Waals surface area contributed by atoms with E-state index in [-0.39, 0.29) is 12.1 Å². The van der Waals surface area contributed by atoms with E-state index >= 15 is 0 Å². The molecule has 1 aromatic carbocycles. The Bertz CT molecular complexity index is 914. The van der Waals surface area contributed by atoms with Crippen molar-refractivity contribution in [2.45, 2.75) is 41.8 Å². The molecule has 1 N–H and O–H groups in total. The molecule has 2 aromatic heterocycles. The molecule has 4 nitrogen and oxygen atoms in total. The Morgan fingerprint density at radius 3 is 2.68 bits per heavy atom. The summed E-state index contributed by atoms with van der Waals surface area (Å²) in [7, 11) is 0. The number of nitrogens with zero attached hydrogens (tertiary/aromatic N) is 2. The van der Waals surface area contributed by atoms with E-state index in [1.165, 1.54) is 0 Å². The smallest absolute Gasteiger partial charge is 0.170 e. The molecule has 1 aliphatic heterocycles. The number of benzene rings is 1. The molecule has 4 rings (SSSR count). The molecule has 0 bridgehead atoms. The van der Waals surface area contributed by atoms with Gasteiger partial charge in [-0.1, -0.05) is 49.4 Å². The summed E-state index contributed by atoms with van der Waals surface area (Å²) in [5.74, 6) is 0.914. The Hall–Kier alpha value is -2.31. The molecular formula is C22H23N3OS2. The molecule has 1 saturated heterocycles. The Morgan fingerprint density at radius 2 is 1.93 bits per heavy atom. The van der Waals surface area contributed by atoms with Gasteiger partial charge in [-0.2, -0.15) is 0 Å². The van der Waals surface area contributed by atoms with Crippen LogP contribution in [0.2, 0.25) is 0 Å². The maximum Gasteiger partial charge on any atom is 0.170 e. The second kappa shape index (κ2) is 8.80. The largest absolute Gasteiger partial charge is 0.452 e. The molecule has 6 heteroatoms. The number of hydrogen-bond donors (Lipinski definition) is 1. The summed E-state index contributed by atoms with van der Waals surface area (Å²) in [5, 5.41) is 5.11. The second-order valence-corrected chi connectivity index (χ2v) is 8.21. The van der Waals surface area contributed by atoms with E-state index in [4.69, 9.17) is 16.6 Å². The van der Waals surface area contributed by atoms with Crippen molar-refractivity contribution in [1.82, 2.24) is 15.2 Å². The van der Waals surface area contributed by atoms with Crippen molar-refractivity contribution >= 4 is 29.1 Å². The van der Waals surface area contributed by atoms with Crippen molar-refractivity contribution in [3.05, 3.63) is 78.3 Å². The fraction of sp³-hybridized carbons (Fsp3) is 0.273. The Kier molecular flexibility index (Phi) is 5.98. The first-order valence-corrected chi connectivity index (χ1v) is 10.8. The van der Waals surface area contributed by atoms with Crippen LogP contribution in [0.1, 0.15) is 43.3 Å². The summed E-state index contributed by atoms with van der Waals surface area (Å²) in [5.41, 5.74) is 0.975. The molecule has 0 spiro atoms. The lowest BCUT2D eigenvalue weighted by Gasteiger charge is -2.25. The maximum absolute atomic E-state index is 6.28.